The van der Waals surface area contributed by atoms with Crippen molar-refractivity contribution in [3.8, 4) is 0 Å². The SMILES string of the molecule is CC1=[C-]C(C)(C)C(C)=C1C.CC[Si]1(C2=CC(C)=CC2)CCC1.[Cl-].[Cl-].[Hf]. The zero-order valence-corrected chi connectivity index (χ0v) is 23.1. The molecular formula is C21H33Cl2HfSi-3. The second kappa shape index (κ2) is 10.8. The molecule has 1 fully saturated rings. The molecule has 0 radical (unpaired) electrons. The van der Waals surface area contributed by atoms with Crippen LogP contribution in [-0.2, 0) is 25.8 Å². The van der Waals surface area contributed by atoms with Crippen LogP contribution in [0.3, 0.4) is 0 Å². The molecule has 25 heavy (non-hydrogen) atoms. The minimum atomic E-state index is -0.816. The Bertz CT molecular complexity index is 573. The fraction of sp³-hybridized carbons (Fsp3) is 0.619. The molecule has 0 saturated carbocycles. The Kier molecular flexibility index (Phi) is 12.1. The average Bonchev–Trinajstić information content (AvgIpc) is 2.89. The minimum absolute atomic E-state index is 0. The predicted octanol–water partition coefficient (Wildman–Crippen LogP) is 0.792. The molecule has 3 aliphatic rings. The van der Waals surface area contributed by atoms with Crippen LogP contribution in [-0.4, -0.2) is 8.07 Å². The summed E-state index contributed by atoms with van der Waals surface area (Å²) in [4.78, 5) is 0. The third-order valence-electron chi connectivity index (χ3n) is 6.28. The summed E-state index contributed by atoms with van der Waals surface area (Å²) in [5, 5.41) is 1.86. The van der Waals surface area contributed by atoms with E-state index in [2.05, 4.69) is 66.7 Å². The van der Waals surface area contributed by atoms with Crippen molar-refractivity contribution in [3.63, 3.8) is 0 Å². The molecule has 1 saturated heterocycles. The molecule has 1 heterocycles. The summed E-state index contributed by atoms with van der Waals surface area (Å²) in [5.74, 6) is 0. The van der Waals surface area contributed by atoms with E-state index in [9.17, 15) is 0 Å². The molecule has 3 rings (SSSR count). The van der Waals surface area contributed by atoms with Gasteiger partial charge in [-0.15, -0.1) is 6.92 Å². The van der Waals surface area contributed by atoms with Crippen LogP contribution in [0.15, 0.2) is 39.6 Å². The second-order valence-corrected chi connectivity index (χ2v) is 12.8. The Morgan fingerprint density at radius 2 is 1.64 bits per heavy atom. The van der Waals surface area contributed by atoms with E-state index in [0.29, 0.717) is 0 Å². The molecular weight excluding hydrogens is 530 g/mol. The number of hydrogen-bond donors (Lipinski definition) is 0. The fourth-order valence-corrected chi connectivity index (χ4v) is 8.02. The van der Waals surface area contributed by atoms with E-state index in [4.69, 9.17) is 0 Å². The zero-order valence-electron chi connectivity index (χ0n) is 16.9. The Morgan fingerprint density at radius 3 is 1.84 bits per heavy atom. The first-order valence-corrected chi connectivity index (χ1v) is 11.5. The van der Waals surface area contributed by atoms with Gasteiger partial charge in [-0.25, -0.2) is 5.57 Å². The quantitative estimate of drug-likeness (QED) is 0.345. The Labute approximate surface area is 188 Å². The molecule has 0 unspecified atom stereocenters. The molecule has 0 nitrogen and oxygen atoms in total. The van der Waals surface area contributed by atoms with Crippen LogP contribution in [0.5, 0.6) is 0 Å². The van der Waals surface area contributed by atoms with Gasteiger partial charge in [-0.05, 0) is 13.3 Å². The van der Waals surface area contributed by atoms with Gasteiger partial charge in [0.05, 0.1) is 8.07 Å². The van der Waals surface area contributed by atoms with Crippen LogP contribution in [0, 0.1) is 11.5 Å². The van der Waals surface area contributed by atoms with E-state index in [1.54, 1.807) is 12.1 Å². The van der Waals surface area contributed by atoms with Gasteiger partial charge in [0.1, 0.15) is 0 Å². The van der Waals surface area contributed by atoms with E-state index in [-0.39, 0.29) is 56.1 Å². The van der Waals surface area contributed by atoms with Crippen molar-refractivity contribution in [1.29, 1.82) is 0 Å². The van der Waals surface area contributed by atoms with Crippen LogP contribution in [0.25, 0.3) is 0 Å². The molecule has 0 amide bonds. The normalized spacial score (nSPS) is 22.0. The first-order chi connectivity index (χ1) is 10.2. The molecule has 0 aromatic rings. The molecule has 142 valence electrons. The summed E-state index contributed by atoms with van der Waals surface area (Å²) in [5.41, 5.74) is 5.91. The summed E-state index contributed by atoms with van der Waals surface area (Å²) in [6, 6.07) is 4.65. The maximum atomic E-state index is 3.44. The van der Waals surface area contributed by atoms with Crippen molar-refractivity contribution >= 4 is 8.07 Å². The van der Waals surface area contributed by atoms with Crippen molar-refractivity contribution in [2.45, 2.75) is 79.4 Å². The van der Waals surface area contributed by atoms with Gasteiger partial charge in [-0.1, -0.05) is 87.5 Å². The molecule has 4 heteroatoms. The molecule has 0 aromatic carbocycles. The molecule has 2 aliphatic carbocycles. The minimum Gasteiger partial charge on any atom is -1.00 e. The van der Waals surface area contributed by atoms with Gasteiger partial charge in [0.25, 0.3) is 0 Å². The van der Waals surface area contributed by atoms with Crippen LogP contribution < -0.4 is 24.8 Å². The molecule has 1 aliphatic heterocycles. The van der Waals surface area contributed by atoms with Crippen molar-refractivity contribution in [1.82, 2.24) is 0 Å². The van der Waals surface area contributed by atoms with E-state index < -0.39 is 8.07 Å². The Morgan fingerprint density at radius 1 is 1.08 bits per heavy atom. The average molecular weight is 563 g/mol. The van der Waals surface area contributed by atoms with Crippen LogP contribution in [0.2, 0.25) is 18.1 Å². The zero-order chi connectivity index (χ0) is 16.5. The van der Waals surface area contributed by atoms with Gasteiger partial charge in [0, 0.05) is 25.8 Å². The summed E-state index contributed by atoms with van der Waals surface area (Å²) in [6.45, 7) is 15.6. The monoisotopic (exact) mass is 563 g/mol. The first kappa shape index (κ1) is 27.8. The van der Waals surface area contributed by atoms with Crippen LogP contribution >= 0.6 is 0 Å². The number of hydrogen-bond acceptors (Lipinski definition) is 0. The largest absolute Gasteiger partial charge is 1.00 e. The second-order valence-electron chi connectivity index (χ2n) is 7.93. The summed E-state index contributed by atoms with van der Waals surface area (Å²) in [6.07, 6.45) is 11.1. The topological polar surface area (TPSA) is 0 Å². The number of allylic oxidation sites excluding steroid dienone is 8. The maximum absolute atomic E-state index is 3.44. The van der Waals surface area contributed by atoms with E-state index in [1.165, 1.54) is 41.2 Å². The van der Waals surface area contributed by atoms with E-state index in [1.807, 2.05) is 5.20 Å². The third-order valence-corrected chi connectivity index (χ3v) is 12.0. The van der Waals surface area contributed by atoms with Crippen molar-refractivity contribution in [2.75, 3.05) is 0 Å². The smallest absolute Gasteiger partial charge is 0.0816 e. The summed E-state index contributed by atoms with van der Waals surface area (Å²) in [7, 11) is -0.816. The third kappa shape index (κ3) is 6.06. The molecule has 0 atom stereocenters. The van der Waals surface area contributed by atoms with E-state index in [0.717, 1.165) is 0 Å². The Balaban J connectivity index is 0. The van der Waals surface area contributed by atoms with Gasteiger partial charge < -0.3 is 24.8 Å². The van der Waals surface area contributed by atoms with Crippen LogP contribution in [0.1, 0.15) is 61.3 Å². The number of halogens is 2. The van der Waals surface area contributed by atoms with Gasteiger partial charge >= 0.3 is 0 Å². The van der Waals surface area contributed by atoms with Gasteiger partial charge in [0.15, 0.2) is 0 Å². The van der Waals surface area contributed by atoms with Crippen molar-refractivity contribution < 1.29 is 50.7 Å². The summed E-state index contributed by atoms with van der Waals surface area (Å²) >= 11 is 0. The molecule has 0 aromatic heterocycles. The predicted molar refractivity (Wildman–Crippen MR) is 102 cm³/mol. The molecule has 0 spiro atoms. The Hall–Kier alpha value is 0.627. The van der Waals surface area contributed by atoms with Crippen LogP contribution in [0.4, 0.5) is 0 Å². The van der Waals surface area contributed by atoms with Gasteiger partial charge in [0.2, 0.25) is 0 Å². The molecule has 0 bridgehead atoms. The fourth-order valence-electron chi connectivity index (χ4n) is 3.94. The first-order valence-electron chi connectivity index (χ1n) is 8.90. The number of rotatable bonds is 2. The van der Waals surface area contributed by atoms with Crippen molar-refractivity contribution in [2.24, 2.45) is 5.41 Å². The van der Waals surface area contributed by atoms with E-state index >= 15 is 0 Å². The van der Waals surface area contributed by atoms with Gasteiger partial charge in [-0.2, -0.15) is 11.1 Å². The standard InChI is InChI=1S/C11H18Si.C10H15.2ClH.Hf/c1-3-12(7-4-8-12)11-6-5-10(2)9-11;1-7-6-10(4,5)9(3)8(7)2;;;/h5,9H,3-4,6-8H2,1-2H3;1-5H3;2*1H;/q;-1;;;/p-2. The summed E-state index contributed by atoms with van der Waals surface area (Å²) < 4.78 is 0. The maximum Gasteiger partial charge on any atom is 0.0816 e. The molecule has 0 N–H and O–H groups in total. The van der Waals surface area contributed by atoms with Crippen molar-refractivity contribution in [3.05, 3.63) is 45.7 Å². The van der Waals surface area contributed by atoms with Gasteiger partial charge in [-0.3, -0.25) is 6.08 Å².